The lowest BCUT2D eigenvalue weighted by Gasteiger charge is -2.07. The summed E-state index contributed by atoms with van der Waals surface area (Å²) in [6.07, 6.45) is -0.400. The highest BCUT2D eigenvalue weighted by Crippen LogP contribution is 2.22. The Balaban J connectivity index is 2.71. The van der Waals surface area contributed by atoms with E-state index in [1.807, 2.05) is 0 Å². The van der Waals surface area contributed by atoms with E-state index in [4.69, 9.17) is 14.6 Å². The Hall–Kier alpha value is -1.69. The Morgan fingerprint density at radius 2 is 2.25 bits per heavy atom. The van der Waals surface area contributed by atoms with Crippen molar-refractivity contribution in [2.24, 2.45) is 0 Å². The van der Waals surface area contributed by atoms with Crippen molar-refractivity contribution >= 4 is 23.2 Å². The first kappa shape index (κ1) is 12.4. The molecule has 1 N–H and O–H groups in total. The molecule has 0 bridgehead atoms. The summed E-state index contributed by atoms with van der Waals surface area (Å²) >= 11 is 4.66. The number of ether oxygens (including phenoxy) is 2. The van der Waals surface area contributed by atoms with Gasteiger partial charge < -0.3 is 14.6 Å². The summed E-state index contributed by atoms with van der Waals surface area (Å²) in [6.45, 7) is 0. The standard InChI is InChI=1S/C10H9FO4S/c1-14-8-3-2-6(4-7(8)11)15-10(16)5-9(12)13/h2-4H,5H2,1H3,(H,12,13). The number of hydrogen-bond donors (Lipinski definition) is 1. The molecule has 0 atom stereocenters. The maximum atomic E-state index is 13.2. The Morgan fingerprint density at radius 3 is 2.75 bits per heavy atom. The maximum absolute atomic E-state index is 13.2. The van der Waals surface area contributed by atoms with Gasteiger partial charge in [-0.2, -0.15) is 0 Å². The van der Waals surface area contributed by atoms with Crippen molar-refractivity contribution in [3.8, 4) is 11.5 Å². The summed E-state index contributed by atoms with van der Waals surface area (Å²) < 4.78 is 22.9. The van der Waals surface area contributed by atoms with Gasteiger partial charge in [0.1, 0.15) is 12.2 Å². The highest BCUT2D eigenvalue weighted by Gasteiger charge is 2.08. The van der Waals surface area contributed by atoms with Gasteiger partial charge in [0.15, 0.2) is 16.6 Å². The van der Waals surface area contributed by atoms with Gasteiger partial charge in [0.25, 0.3) is 0 Å². The van der Waals surface area contributed by atoms with E-state index in [2.05, 4.69) is 12.2 Å². The third kappa shape index (κ3) is 3.47. The summed E-state index contributed by atoms with van der Waals surface area (Å²) in [6, 6.07) is 3.89. The van der Waals surface area contributed by atoms with Crippen LogP contribution in [0.15, 0.2) is 18.2 Å². The summed E-state index contributed by atoms with van der Waals surface area (Å²) in [5, 5.41) is 8.31. The first-order valence-electron chi connectivity index (χ1n) is 4.29. The van der Waals surface area contributed by atoms with Gasteiger partial charge in [0.05, 0.1) is 7.11 Å². The number of thiocarbonyl (C=S) groups is 1. The quantitative estimate of drug-likeness (QED) is 0.821. The second kappa shape index (κ2) is 5.41. The van der Waals surface area contributed by atoms with E-state index in [9.17, 15) is 9.18 Å². The van der Waals surface area contributed by atoms with E-state index in [0.717, 1.165) is 6.07 Å². The normalized spacial score (nSPS) is 9.62. The van der Waals surface area contributed by atoms with Gasteiger partial charge in [0, 0.05) is 6.07 Å². The minimum absolute atomic E-state index is 0.0801. The smallest absolute Gasteiger partial charge is 0.311 e. The average molecular weight is 244 g/mol. The van der Waals surface area contributed by atoms with E-state index in [1.54, 1.807) is 0 Å². The van der Waals surface area contributed by atoms with Crippen molar-refractivity contribution in [3.05, 3.63) is 24.0 Å². The van der Waals surface area contributed by atoms with E-state index >= 15 is 0 Å². The molecule has 86 valence electrons. The summed E-state index contributed by atoms with van der Waals surface area (Å²) in [7, 11) is 1.34. The average Bonchev–Trinajstić information content (AvgIpc) is 2.16. The fourth-order valence-corrected chi connectivity index (χ4v) is 1.22. The third-order valence-corrected chi connectivity index (χ3v) is 1.88. The SMILES string of the molecule is COc1ccc(OC(=S)CC(=O)O)cc1F. The molecule has 0 aliphatic carbocycles. The molecular formula is C10H9FO4S. The van der Waals surface area contributed by atoms with Gasteiger partial charge >= 0.3 is 5.97 Å². The highest BCUT2D eigenvalue weighted by atomic mass is 32.1. The first-order chi connectivity index (χ1) is 7.52. The van der Waals surface area contributed by atoms with Gasteiger partial charge in [0.2, 0.25) is 0 Å². The van der Waals surface area contributed by atoms with Crippen LogP contribution >= 0.6 is 12.2 Å². The van der Waals surface area contributed by atoms with E-state index < -0.39 is 18.2 Å². The Kier molecular flexibility index (Phi) is 4.19. The van der Waals surface area contributed by atoms with Crippen LogP contribution in [0, 0.1) is 5.82 Å². The molecule has 0 heterocycles. The van der Waals surface area contributed by atoms with E-state index in [0.29, 0.717) is 0 Å². The minimum Gasteiger partial charge on any atom is -0.494 e. The van der Waals surface area contributed by atoms with Crippen LogP contribution < -0.4 is 9.47 Å². The number of carbonyl (C=O) groups is 1. The van der Waals surface area contributed by atoms with Crippen molar-refractivity contribution in [1.82, 2.24) is 0 Å². The van der Waals surface area contributed by atoms with Gasteiger partial charge in [-0.25, -0.2) is 4.39 Å². The van der Waals surface area contributed by atoms with Crippen LogP contribution in [-0.4, -0.2) is 23.2 Å². The van der Waals surface area contributed by atoms with Crippen LogP contribution in [0.2, 0.25) is 0 Å². The Labute approximate surface area is 96.6 Å². The summed E-state index contributed by atoms with van der Waals surface area (Å²) in [4.78, 5) is 10.3. The highest BCUT2D eigenvalue weighted by molar-refractivity contribution is 7.80. The zero-order valence-corrected chi connectivity index (χ0v) is 9.21. The lowest BCUT2D eigenvalue weighted by Crippen LogP contribution is -2.11. The topological polar surface area (TPSA) is 55.8 Å². The molecule has 1 aromatic carbocycles. The zero-order chi connectivity index (χ0) is 12.1. The molecule has 0 saturated heterocycles. The van der Waals surface area contributed by atoms with Crippen LogP contribution in [-0.2, 0) is 4.79 Å². The zero-order valence-electron chi connectivity index (χ0n) is 8.40. The van der Waals surface area contributed by atoms with Crippen molar-refractivity contribution in [1.29, 1.82) is 0 Å². The van der Waals surface area contributed by atoms with Crippen molar-refractivity contribution < 1.29 is 23.8 Å². The number of rotatable bonds is 4. The third-order valence-electron chi connectivity index (χ3n) is 1.65. The van der Waals surface area contributed by atoms with Gasteiger partial charge in [-0.15, -0.1) is 0 Å². The van der Waals surface area contributed by atoms with Gasteiger partial charge in [-0.3, -0.25) is 4.79 Å². The molecule has 0 saturated carbocycles. The number of carboxylic acid groups (broad SMARTS) is 1. The fourth-order valence-electron chi connectivity index (χ4n) is 1.00. The number of hydrogen-bond acceptors (Lipinski definition) is 4. The van der Waals surface area contributed by atoms with E-state index in [1.165, 1.54) is 19.2 Å². The second-order valence-corrected chi connectivity index (χ2v) is 3.30. The predicted molar refractivity (Wildman–Crippen MR) is 58.4 cm³/mol. The Morgan fingerprint density at radius 1 is 1.56 bits per heavy atom. The molecule has 4 nitrogen and oxygen atoms in total. The van der Waals surface area contributed by atoms with Crippen molar-refractivity contribution in [3.63, 3.8) is 0 Å². The first-order valence-corrected chi connectivity index (χ1v) is 4.69. The van der Waals surface area contributed by atoms with Crippen LogP contribution in [0.5, 0.6) is 11.5 Å². The number of carboxylic acids is 1. The van der Waals surface area contributed by atoms with Crippen LogP contribution in [0.3, 0.4) is 0 Å². The van der Waals surface area contributed by atoms with Gasteiger partial charge in [-0.1, -0.05) is 0 Å². The van der Waals surface area contributed by atoms with E-state index in [-0.39, 0.29) is 16.5 Å². The number of halogens is 1. The molecule has 1 aromatic rings. The van der Waals surface area contributed by atoms with Crippen LogP contribution in [0.1, 0.15) is 6.42 Å². The number of aliphatic carboxylic acids is 1. The molecular weight excluding hydrogens is 235 g/mol. The molecule has 0 radical (unpaired) electrons. The van der Waals surface area contributed by atoms with Crippen LogP contribution in [0.4, 0.5) is 4.39 Å². The van der Waals surface area contributed by atoms with Crippen LogP contribution in [0.25, 0.3) is 0 Å². The summed E-state index contributed by atoms with van der Waals surface area (Å²) in [5.74, 6) is -1.47. The predicted octanol–water partition coefficient (Wildman–Crippen LogP) is 2.02. The molecule has 16 heavy (non-hydrogen) atoms. The van der Waals surface area contributed by atoms with Crippen molar-refractivity contribution in [2.45, 2.75) is 6.42 Å². The fraction of sp³-hybridized carbons (Fsp3) is 0.200. The molecule has 6 heteroatoms. The Bertz CT molecular complexity index is 419. The molecule has 0 unspecified atom stereocenters. The summed E-state index contributed by atoms with van der Waals surface area (Å²) in [5.41, 5.74) is 0. The molecule has 1 rings (SSSR count). The lowest BCUT2D eigenvalue weighted by atomic mass is 10.3. The molecule has 0 aromatic heterocycles. The molecule has 0 fully saturated rings. The second-order valence-electron chi connectivity index (χ2n) is 2.84. The lowest BCUT2D eigenvalue weighted by molar-refractivity contribution is -0.135. The molecule has 0 aliphatic rings. The number of benzene rings is 1. The minimum atomic E-state index is -1.10. The maximum Gasteiger partial charge on any atom is 0.311 e. The monoisotopic (exact) mass is 244 g/mol. The largest absolute Gasteiger partial charge is 0.494 e. The van der Waals surface area contributed by atoms with Gasteiger partial charge in [-0.05, 0) is 24.4 Å². The molecule has 0 amide bonds. The molecule has 0 spiro atoms. The van der Waals surface area contributed by atoms with Crippen molar-refractivity contribution in [2.75, 3.05) is 7.11 Å². The molecule has 0 aliphatic heterocycles. The number of methoxy groups -OCH3 is 1.